The van der Waals surface area contributed by atoms with E-state index < -0.39 is 0 Å². The molecule has 5 heteroatoms. The number of rotatable bonds is 6. The van der Waals surface area contributed by atoms with Crippen LogP contribution >= 0.6 is 0 Å². The third-order valence-electron chi connectivity index (χ3n) is 3.27. The monoisotopic (exact) mass is 238 g/mol. The first kappa shape index (κ1) is 12.5. The molecule has 17 heavy (non-hydrogen) atoms. The second-order valence-corrected chi connectivity index (χ2v) is 4.60. The summed E-state index contributed by atoms with van der Waals surface area (Å²) in [6, 6.07) is 0. The van der Waals surface area contributed by atoms with Crippen LogP contribution in [0.1, 0.15) is 43.5 Å². The molecule has 96 valence electrons. The molecule has 0 spiro atoms. The van der Waals surface area contributed by atoms with Gasteiger partial charge in [-0.2, -0.15) is 0 Å². The molecule has 1 aromatic rings. The van der Waals surface area contributed by atoms with E-state index in [1.165, 1.54) is 12.1 Å². The van der Waals surface area contributed by atoms with Crippen molar-refractivity contribution in [3.63, 3.8) is 0 Å². The maximum absolute atomic E-state index is 5.63. The summed E-state index contributed by atoms with van der Waals surface area (Å²) in [5.41, 5.74) is 7.96. The van der Waals surface area contributed by atoms with Gasteiger partial charge < -0.3 is 10.5 Å². The van der Waals surface area contributed by atoms with Gasteiger partial charge in [0.25, 0.3) is 0 Å². The number of nitrogens with two attached hydrogens (primary N) is 1. The Labute approximate surface area is 102 Å². The van der Waals surface area contributed by atoms with Gasteiger partial charge in [0.15, 0.2) is 0 Å². The van der Waals surface area contributed by atoms with Gasteiger partial charge in [-0.15, -0.1) is 5.10 Å². The van der Waals surface area contributed by atoms with E-state index in [1.807, 2.05) is 0 Å². The zero-order chi connectivity index (χ0) is 12.1. The van der Waals surface area contributed by atoms with Crippen LogP contribution < -0.4 is 5.73 Å². The molecule has 5 nitrogen and oxygen atoms in total. The van der Waals surface area contributed by atoms with E-state index in [1.54, 1.807) is 0 Å². The normalized spacial score (nSPS) is 20.0. The van der Waals surface area contributed by atoms with Crippen molar-refractivity contribution < 1.29 is 4.74 Å². The van der Waals surface area contributed by atoms with Crippen LogP contribution in [-0.2, 0) is 17.7 Å². The number of aromatic nitrogens is 3. The van der Waals surface area contributed by atoms with Gasteiger partial charge in [0.2, 0.25) is 0 Å². The molecular formula is C12H22N4O. The highest BCUT2D eigenvalue weighted by atomic mass is 16.5. The van der Waals surface area contributed by atoms with Gasteiger partial charge in [-0.05, 0) is 19.4 Å². The van der Waals surface area contributed by atoms with Crippen LogP contribution in [-0.4, -0.2) is 34.8 Å². The van der Waals surface area contributed by atoms with E-state index in [4.69, 9.17) is 10.5 Å². The fourth-order valence-corrected chi connectivity index (χ4v) is 2.34. The summed E-state index contributed by atoms with van der Waals surface area (Å²) >= 11 is 0. The van der Waals surface area contributed by atoms with Crippen LogP contribution in [0.15, 0.2) is 0 Å². The predicted molar refractivity (Wildman–Crippen MR) is 65.9 cm³/mol. The average Bonchev–Trinajstić information content (AvgIpc) is 2.95. The van der Waals surface area contributed by atoms with Crippen molar-refractivity contribution in [1.82, 2.24) is 15.0 Å². The van der Waals surface area contributed by atoms with Crippen LogP contribution in [0.25, 0.3) is 0 Å². The third-order valence-corrected chi connectivity index (χ3v) is 3.27. The summed E-state index contributed by atoms with van der Waals surface area (Å²) in [4.78, 5) is 0. The van der Waals surface area contributed by atoms with E-state index in [-0.39, 0.29) is 0 Å². The molecule has 0 aromatic carbocycles. The van der Waals surface area contributed by atoms with Crippen molar-refractivity contribution in [1.29, 1.82) is 0 Å². The Morgan fingerprint density at radius 3 is 3.06 bits per heavy atom. The highest BCUT2D eigenvalue weighted by Crippen LogP contribution is 2.27. The molecule has 1 fully saturated rings. The molecule has 0 bridgehead atoms. The molecule has 2 rings (SSSR count). The Morgan fingerprint density at radius 1 is 1.53 bits per heavy atom. The maximum Gasteiger partial charge on any atom is 0.0875 e. The minimum absolute atomic E-state index is 0.461. The van der Waals surface area contributed by atoms with Crippen LogP contribution in [0.2, 0.25) is 0 Å². The van der Waals surface area contributed by atoms with Gasteiger partial charge in [-0.25, -0.2) is 4.68 Å². The molecule has 1 aromatic heterocycles. The molecule has 1 aliphatic heterocycles. The Balaban J connectivity index is 2.18. The second-order valence-electron chi connectivity index (χ2n) is 4.60. The largest absolute Gasteiger partial charge is 0.381 e. The number of aryl methyl sites for hydroxylation is 1. The summed E-state index contributed by atoms with van der Waals surface area (Å²) in [7, 11) is 0. The topological polar surface area (TPSA) is 66.0 Å². The molecule has 1 atom stereocenters. The van der Waals surface area contributed by atoms with Gasteiger partial charge in [-0.3, -0.25) is 0 Å². The van der Waals surface area contributed by atoms with E-state index >= 15 is 0 Å². The molecule has 1 saturated heterocycles. The van der Waals surface area contributed by atoms with Crippen molar-refractivity contribution in [3.05, 3.63) is 11.4 Å². The van der Waals surface area contributed by atoms with E-state index in [0.717, 1.165) is 44.7 Å². The lowest BCUT2D eigenvalue weighted by atomic mass is 10.0. The van der Waals surface area contributed by atoms with Gasteiger partial charge in [0, 0.05) is 25.5 Å². The number of ether oxygens (including phenoxy) is 1. The minimum atomic E-state index is 0.461. The lowest BCUT2D eigenvalue weighted by Gasteiger charge is -2.12. The zero-order valence-corrected chi connectivity index (χ0v) is 10.6. The summed E-state index contributed by atoms with van der Waals surface area (Å²) in [5.74, 6) is 0.461. The van der Waals surface area contributed by atoms with E-state index in [0.29, 0.717) is 12.5 Å². The molecule has 1 unspecified atom stereocenters. The Hall–Kier alpha value is -0.940. The summed E-state index contributed by atoms with van der Waals surface area (Å²) in [6.45, 7) is 5.44. The molecule has 2 heterocycles. The summed E-state index contributed by atoms with van der Waals surface area (Å²) in [6.07, 6.45) is 4.22. The number of nitrogens with zero attached hydrogens (tertiary/aromatic N) is 3. The fraction of sp³-hybridized carbons (Fsp3) is 0.833. The molecule has 0 saturated carbocycles. The smallest absolute Gasteiger partial charge is 0.0875 e. The van der Waals surface area contributed by atoms with Crippen LogP contribution in [0.5, 0.6) is 0 Å². The first-order valence-electron chi connectivity index (χ1n) is 6.56. The van der Waals surface area contributed by atoms with Crippen molar-refractivity contribution in [2.45, 2.75) is 45.1 Å². The number of unbranched alkanes of at least 4 members (excludes halogenated alkanes) is 1. The van der Waals surface area contributed by atoms with Crippen molar-refractivity contribution in [2.75, 3.05) is 19.8 Å². The predicted octanol–water partition coefficient (Wildman–Crippen LogP) is 1.08. The molecule has 0 radical (unpaired) electrons. The minimum Gasteiger partial charge on any atom is -0.381 e. The zero-order valence-electron chi connectivity index (χ0n) is 10.6. The first-order chi connectivity index (χ1) is 8.36. The number of hydrogen-bond acceptors (Lipinski definition) is 4. The van der Waals surface area contributed by atoms with Crippen LogP contribution in [0.4, 0.5) is 0 Å². The lowest BCUT2D eigenvalue weighted by molar-refractivity contribution is 0.193. The fourth-order valence-electron chi connectivity index (χ4n) is 2.34. The molecule has 1 aliphatic rings. The summed E-state index contributed by atoms with van der Waals surface area (Å²) < 4.78 is 7.54. The Bertz CT molecular complexity index is 344. The van der Waals surface area contributed by atoms with Crippen molar-refractivity contribution >= 4 is 0 Å². The molecular weight excluding hydrogens is 216 g/mol. The molecule has 2 N–H and O–H groups in total. The molecule has 0 amide bonds. The van der Waals surface area contributed by atoms with E-state index in [2.05, 4.69) is 21.9 Å². The third kappa shape index (κ3) is 2.84. The lowest BCUT2D eigenvalue weighted by Crippen LogP contribution is -2.13. The van der Waals surface area contributed by atoms with E-state index in [9.17, 15) is 0 Å². The second kappa shape index (κ2) is 6.12. The van der Waals surface area contributed by atoms with Gasteiger partial charge in [0.05, 0.1) is 18.0 Å². The highest BCUT2D eigenvalue weighted by Gasteiger charge is 2.25. The first-order valence-corrected chi connectivity index (χ1v) is 6.56. The van der Waals surface area contributed by atoms with Gasteiger partial charge in [0.1, 0.15) is 0 Å². The molecule has 0 aliphatic carbocycles. The average molecular weight is 238 g/mol. The number of hydrogen-bond donors (Lipinski definition) is 1. The Morgan fingerprint density at radius 2 is 2.41 bits per heavy atom. The summed E-state index contributed by atoms with van der Waals surface area (Å²) in [5, 5.41) is 8.55. The van der Waals surface area contributed by atoms with Gasteiger partial charge in [-0.1, -0.05) is 18.6 Å². The maximum atomic E-state index is 5.63. The van der Waals surface area contributed by atoms with Crippen LogP contribution in [0, 0.1) is 0 Å². The van der Waals surface area contributed by atoms with Crippen molar-refractivity contribution in [3.8, 4) is 0 Å². The SMILES string of the molecule is CCCCn1nnc(CCN)c1C1CCOC1. The standard InChI is InChI=1S/C12H22N4O/c1-2-3-7-16-12(10-5-8-17-9-10)11(4-6-13)14-15-16/h10H,2-9,13H2,1H3. The Kier molecular flexibility index (Phi) is 4.50. The highest BCUT2D eigenvalue weighted by molar-refractivity contribution is 5.17. The quantitative estimate of drug-likeness (QED) is 0.805. The van der Waals surface area contributed by atoms with Crippen LogP contribution in [0.3, 0.4) is 0 Å². The van der Waals surface area contributed by atoms with Gasteiger partial charge >= 0.3 is 0 Å². The van der Waals surface area contributed by atoms with Crippen molar-refractivity contribution in [2.24, 2.45) is 5.73 Å².